The van der Waals surface area contributed by atoms with Crippen molar-refractivity contribution in [1.82, 2.24) is 5.32 Å². The molecule has 1 amide bonds. The molecule has 0 aliphatic heterocycles. The van der Waals surface area contributed by atoms with Crippen LogP contribution < -0.4 is 14.4 Å². The first-order chi connectivity index (χ1) is 13.9. The van der Waals surface area contributed by atoms with E-state index in [1.165, 1.54) is 31.7 Å². The van der Waals surface area contributed by atoms with Gasteiger partial charge in [-0.1, -0.05) is 36.9 Å². The van der Waals surface area contributed by atoms with Gasteiger partial charge in [-0.3, -0.25) is 9.10 Å². The van der Waals surface area contributed by atoms with E-state index in [2.05, 4.69) is 5.32 Å². The highest BCUT2D eigenvalue weighted by molar-refractivity contribution is 7.92. The Morgan fingerprint density at radius 3 is 2.45 bits per heavy atom. The molecular weight excluding hydrogens is 412 g/mol. The molecule has 0 atom stereocenters. The second-order valence-corrected chi connectivity index (χ2v) is 9.37. The molecule has 1 aliphatic rings. The summed E-state index contributed by atoms with van der Waals surface area (Å²) in [5.74, 6) is 0.224. The molecule has 0 heterocycles. The van der Waals surface area contributed by atoms with Gasteiger partial charge < -0.3 is 10.1 Å². The molecule has 1 fully saturated rings. The van der Waals surface area contributed by atoms with Crippen LogP contribution in [0.15, 0.2) is 53.4 Å². The Bertz CT molecular complexity index is 941. The minimum Gasteiger partial charge on any atom is -0.497 e. The number of carbonyl (C=O) groups excluding carboxylic acids is 1. The predicted molar refractivity (Wildman–Crippen MR) is 114 cm³/mol. The van der Waals surface area contributed by atoms with Crippen LogP contribution in [0.2, 0.25) is 5.02 Å². The summed E-state index contributed by atoms with van der Waals surface area (Å²) in [5.41, 5.74) is 0.340. The molecule has 0 aromatic heterocycles. The van der Waals surface area contributed by atoms with Crippen LogP contribution in [0.1, 0.15) is 32.1 Å². The van der Waals surface area contributed by atoms with E-state index < -0.39 is 10.0 Å². The summed E-state index contributed by atoms with van der Waals surface area (Å²) in [5, 5.41) is 3.37. The van der Waals surface area contributed by atoms with E-state index in [0.29, 0.717) is 16.5 Å². The summed E-state index contributed by atoms with van der Waals surface area (Å²) in [7, 11) is -2.46. The van der Waals surface area contributed by atoms with Gasteiger partial charge in [0.05, 0.1) is 17.7 Å². The standard InChI is InChI=1S/C21H25ClN2O4S/c1-28-19-10-12-20(13-11-19)29(26,27)24(18-9-5-6-16(22)14-18)15-21(25)23-17-7-3-2-4-8-17/h5-6,9-14,17H,2-4,7-8,15H2,1H3,(H,23,25). The molecule has 6 nitrogen and oxygen atoms in total. The van der Waals surface area contributed by atoms with Gasteiger partial charge in [-0.05, 0) is 55.3 Å². The second kappa shape index (κ2) is 9.50. The van der Waals surface area contributed by atoms with Crippen molar-refractivity contribution in [1.29, 1.82) is 0 Å². The topological polar surface area (TPSA) is 75.7 Å². The molecule has 29 heavy (non-hydrogen) atoms. The molecule has 0 radical (unpaired) electrons. The molecule has 1 aliphatic carbocycles. The third-order valence-electron chi connectivity index (χ3n) is 5.00. The highest BCUT2D eigenvalue weighted by Gasteiger charge is 2.28. The molecule has 2 aromatic carbocycles. The molecule has 156 valence electrons. The number of amides is 1. The Morgan fingerprint density at radius 1 is 1.14 bits per heavy atom. The van der Waals surface area contributed by atoms with Crippen molar-refractivity contribution >= 4 is 33.2 Å². The van der Waals surface area contributed by atoms with Crippen LogP contribution >= 0.6 is 11.6 Å². The third-order valence-corrected chi connectivity index (χ3v) is 7.02. The first-order valence-corrected chi connectivity index (χ1v) is 11.4. The molecule has 3 rings (SSSR count). The number of methoxy groups -OCH3 is 1. The Hall–Kier alpha value is -2.25. The van der Waals surface area contributed by atoms with Crippen molar-refractivity contribution in [3.05, 3.63) is 53.6 Å². The lowest BCUT2D eigenvalue weighted by Crippen LogP contribution is -2.44. The first kappa shape index (κ1) is 21.5. The Kier molecular flexibility index (Phi) is 7.03. The van der Waals surface area contributed by atoms with Gasteiger partial charge in [0.1, 0.15) is 12.3 Å². The molecule has 8 heteroatoms. The van der Waals surface area contributed by atoms with Gasteiger partial charge in [-0.25, -0.2) is 8.42 Å². The van der Waals surface area contributed by atoms with Gasteiger partial charge in [0.25, 0.3) is 10.0 Å². The summed E-state index contributed by atoms with van der Waals surface area (Å²) in [6.45, 7) is -0.314. The van der Waals surface area contributed by atoms with Gasteiger partial charge in [-0.15, -0.1) is 0 Å². The van der Waals surface area contributed by atoms with E-state index in [9.17, 15) is 13.2 Å². The molecular formula is C21H25ClN2O4S. The summed E-state index contributed by atoms with van der Waals surface area (Å²) in [6.07, 6.45) is 5.18. The van der Waals surface area contributed by atoms with E-state index in [1.54, 1.807) is 30.3 Å². The maximum atomic E-state index is 13.3. The number of anilines is 1. The lowest BCUT2D eigenvalue weighted by atomic mass is 9.95. The predicted octanol–water partition coefficient (Wildman–Crippen LogP) is 3.99. The van der Waals surface area contributed by atoms with Crippen LogP contribution in [-0.2, 0) is 14.8 Å². The summed E-state index contributed by atoms with van der Waals surface area (Å²) in [4.78, 5) is 12.8. The highest BCUT2D eigenvalue weighted by Crippen LogP contribution is 2.27. The van der Waals surface area contributed by atoms with Crippen LogP contribution in [0.4, 0.5) is 5.69 Å². The van der Waals surface area contributed by atoms with Gasteiger partial charge >= 0.3 is 0 Å². The number of hydrogen-bond acceptors (Lipinski definition) is 4. The average Bonchev–Trinajstić information content (AvgIpc) is 2.72. The summed E-state index contributed by atoms with van der Waals surface area (Å²) >= 11 is 6.08. The van der Waals surface area contributed by atoms with Crippen molar-refractivity contribution in [3.8, 4) is 5.75 Å². The van der Waals surface area contributed by atoms with Crippen molar-refractivity contribution in [2.75, 3.05) is 18.0 Å². The van der Waals surface area contributed by atoms with E-state index in [0.717, 1.165) is 30.0 Å². The number of sulfonamides is 1. The number of nitrogens with zero attached hydrogens (tertiary/aromatic N) is 1. The maximum absolute atomic E-state index is 13.3. The van der Waals surface area contributed by atoms with Crippen LogP contribution in [-0.4, -0.2) is 34.0 Å². The molecule has 1 saturated carbocycles. The molecule has 2 aromatic rings. The Morgan fingerprint density at radius 2 is 1.83 bits per heavy atom. The zero-order chi connectivity index (χ0) is 20.9. The quantitative estimate of drug-likeness (QED) is 0.711. The van der Waals surface area contributed by atoms with Gasteiger partial charge in [0, 0.05) is 11.1 Å². The highest BCUT2D eigenvalue weighted by atomic mass is 35.5. The fourth-order valence-electron chi connectivity index (χ4n) is 3.47. The first-order valence-electron chi connectivity index (χ1n) is 9.62. The van der Waals surface area contributed by atoms with Crippen molar-refractivity contribution in [2.24, 2.45) is 0 Å². The number of nitrogens with one attached hydrogen (secondary N) is 1. The molecule has 1 N–H and O–H groups in total. The lowest BCUT2D eigenvalue weighted by molar-refractivity contribution is -0.120. The number of hydrogen-bond donors (Lipinski definition) is 1. The monoisotopic (exact) mass is 436 g/mol. The van der Waals surface area contributed by atoms with E-state index in [-0.39, 0.29) is 23.4 Å². The largest absolute Gasteiger partial charge is 0.497 e. The second-order valence-electron chi connectivity index (χ2n) is 7.07. The van der Waals surface area contributed by atoms with Crippen LogP contribution in [0.5, 0.6) is 5.75 Å². The Balaban J connectivity index is 1.88. The van der Waals surface area contributed by atoms with E-state index in [1.807, 2.05) is 0 Å². The number of halogens is 1. The lowest BCUT2D eigenvalue weighted by Gasteiger charge is -2.27. The molecule has 0 unspecified atom stereocenters. The van der Waals surface area contributed by atoms with Gasteiger partial charge in [0.15, 0.2) is 0 Å². The van der Waals surface area contributed by atoms with Gasteiger partial charge in [-0.2, -0.15) is 0 Å². The van der Waals surface area contributed by atoms with E-state index >= 15 is 0 Å². The zero-order valence-corrected chi connectivity index (χ0v) is 17.9. The van der Waals surface area contributed by atoms with Crippen molar-refractivity contribution in [2.45, 2.75) is 43.0 Å². The summed E-state index contributed by atoms with van der Waals surface area (Å²) < 4.78 is 32.9. The molecule has 0 spiro atoms. The van der Waals surface area contributed by atoms with Crippen LogP contribution in [0.3, 0.4) is 0 Å². The Labute approximate surface area is 176 Å². The summed E-state index contributed by atoms with van der Waals surface area (Å²) in [6, 6.07) is 12.7. The molecule has 0 saturated heterocycles. The van der Waals surface area contributed by atoms with Crippen molar-refractivity contribution in [3.63, 3.8) is 0 Å². The number of rotatable bonds is 7. The fraction of sp³-hybridized carbons (Fsp3) is 0.381. The van der Waals surface area contributed by atoms with Crippen LogP contribution in [0, 0.1) is 0 Å². The smallest absolute Gasteiger partial charge is 0.264 e. The fourth-order valence-corrected chi connectivity index (χ4v) is 5.07. The number of benzene rings is 2. The molecule has 0 bridgehead atoms. The maximum Gasteiger partial charge on any atom is 0.264 e. The third kappa shape index (κ3) is 5.42. The van der Waals surface area contributed by atoms with Gasteiger partial charge in [0.2, 0.25) is 5.91 Å². The van der Waals surface area contributed by atoms with Crippen molar-refractivity contribution < 1.29 is 17.9 Å². The normalized spacial score (nSPS) is 15.0. The van der Waals surface area contributed by atoms with Crippen LogP contribution in [0.25, 0.3) is 0 Å². The number of ether oxygens (including phenoxy) is 1. The SMILES string of the molecule is COc1ccc(S(=O)(=O)N(CC(=O)NC2CCCCC2)c2cccc(Cl)c2)cc1. The average molecular weight is 437 g/mol. The van der Waals surface area contributed by atoms with E-state index in [4.69, 9.17) is 16.3 Å². The minimum absolute atomic E-state index is 0.0729. The zero-order valence-electron chi connectivity index (χ0n) is 16.3. The minimum atomic E-state index is -3.97. The number of carbonyl (C=O) groups is 1.